The van der Waals surface area contributed by atoms with Gasteiger partial charge in [-0.1, -0.05) is 0 Å². The molecule has 0 bridgehead atoms. The molecule has 1 aromatic carbocycles. The van der Waals surface area contributed by atoms with Crippen molar-refractivity contribution in [3.8, 4) is 0 Å². The molecule has 0 fully saturated rings. The number of methoxy groups -OCH3 is 1. The second-order valence-corrected chi connectivity index (χ2v) is 5.66. The maximum Gasteiger partial charge on any atom is 0.337 e. The van der Waals surface area contributed by atoms with Crippen LogP contribution in [-0.2, 0) is 4.74 Å². The lowest BCUT2D eigenvalue weighted by molar-refractivity contribution is 0.0501. The van der Waals surface area contributed by atoms with Crippen LogP contribution in [0.25, 0.3) is 0 Å². The number of aliphatic hydroxyl groups is 1. The summed E-state index contributed by atoms with van der Waals surface area (Å²) in [4.78, 5) is 24.4. The number of halogens is 1. The van der Waals surface area contributed by atoms with Gasteiger partial charge >= 0.3 is 12.0 Å². The van der Waals surface area contributed by atoms with Crippen LogP contribution in [0.1, 0.15) is 10.4 Å². The zero-order valence-electron chi connectivity index (χ0n) is 11.7. The van der Waals surface area contributed by atoms with E-state index in [4.69, 9.17) is 9.84 Å². The normalized spacial score (nSPS) is 11.8. The molecule has 0 aromatic heterocycles. The fraction of sp³-hybridized carbons (Fsp3) is 0.385. The molecule has 21 heavy (non-hydrogen) atoms. The average molecular weight is 408 g/mol. The van der Waals surface area contributed by atoms with E-state index in [1.54, 1.807) is 6.07 Å². The number of anilines is 1. The maximum absolute atomic E-state index is 12.0. The molecule has 0 aliphatic rings. The molecule has 0 spiro atoms. The van der Waals surface area contributed by atoms with Crippen LogP contribution in [0.15, 0.2) is 18.2 Å². The monoisotopic (exact) mass is 408 g/mol. The van der Waals surface area contributed by atoms with Gasteiger partial charge in [-0.2, -0.15) is 0 Å². The molecule has 1 rings (SSSR count). The Morgan fingerprint density at radius 1 is 1.48 bits per heavy atom. The van der Waals surface area contributed by atoms with Gasteiger partial charge < -0.3 is 25.2 Å². The summed E-state index contributed by atoms with van der Waals surface area (Å²) in [6, 6.07) is 4.19. The molecule has 8 heteroatoms. The lowest BCUT2D eigenvalue weighted by Gasteiger charge is -2.21. The number of aliphatic hydroxyl groups excluding tert-OH is 1. The third-order valence-corrected chi connectivity index (χ3v) is 3.31. The zero-order valence-corrected chi connectivity index (χ0v) is 13.8. The highest BCUT2D eigenvalue weighted by molar-refractivity contribution is 14.1. The first kappa shape index (κ1) is 17.7. The molecule has 1 atom stereocenters. The topological polar surface area (TPSA) is 99.1 Å². The van der Waals surface area contributed by atoms with Gasteiger partial charge in [-0.15, -0.1) is 0 Å². The van der Waals surface area contributed by atoms with Gasteiger partial charge in [-0.25, -0.2) is 9.59 Å². The summed E-state index contributed by atoms with van der Waals surface area (Å²) in [6.45, 7) is 0.188. The number of likely N-dealkylation sites (N-methyl/N-ethyl adjacent to an activating group) is 1. The quantitative estimate of drug-likeness (QED) is 0.620. The number of rotatable bonds is 6. The highest BCUT2D eigenvalue weighted by atomic mass is 127. The smallest absolute Gasteiger partial charge is 0.337 e. The third-order valence-electron chi connectivity index (χ3n) is 2.64. The van der Waals surface area contributed by atoms with E-state index in [-0.39, 0.29) is 24.4 Å². The van der Waals surface area contributed by atoms with Crippen molar-refractivity contribution in [1.29, 1.82) is 0 Å². The number of nitrogens with zero attached hydrogens (tertiary/aromatic N) is 1. The number of benzene rings is 1. The van der Waals surface area contributed by atoms with Crippen molar-refractivity contribution >= 4 is 40.3 Å². The molecule has 1 aromatic rings. The van der Waals surface area contributed by atoms with Crippen molar-refractivity contribution in [2.24, 2.45) is 0 Å². The summed E-state index contributed by atoms with van der Waals surface area (Å²) in [5, 5.41) is 21.2. The van der Waals surface area contributed by atoms with E-state index in [1.807, 2.05) is 22.6 Å². The second-order valence-electron chi connectivity index (χ2n) is 4.41. The number of nitrogens with one attached hydrogen (secondary N) is 1. The molecule has 0 aliphatic carbocycles. The van der Waals surface area contributed by atoms with Crippen molar-refractivity contribution in [1.82, 2.24) is 4.90 Å². The number of urea groups is 1. The van der Waals surface area contributed by atoms with Crippen LogP contribution in [0.5, 0.6) is 0 Å². The molecule has 2 amide bonds. The molecule has 116 valence electrons. The number of carbonyl (C=O) groups is 2. The van der Waals surface area contributed by atoms with Crippen LogP contribution in [0.4, 0.5) is 10.5 Å². The standard InChI is InChI=1S/C13H17IN2O5/c1-16(6-9(17)7-21-2)13(20)15-11-4-3-8(14)5-10(11)12(18)19/h3-5,9,17H,6-7H2,1-2H3,(H,15,20)(H,18,19). The van der Waals surface area contributed by atoms with Crippen molar-refractivity contribution < 1.29 is 24.5 Å². The molecule has 0 saturated carbocycles. The van der Waals surface area contributed by atoms with Gasteiger partial charge in [0.25, 0.3) is 0 Å². The Bertz CT molecular complexity index is 523. The van der Waals surface area contributed by atoms with Gasteiger partial charge in [0.2, 0.25) is 0 Å². The van der Waals surface area contributed by atoms with Crippen molar-refractivity contribution in [3.63, 3.8) is 0 Å². The van der Waals surface area contributed by atoms with Crippen molar-refractivity contribution in [2.75, 3.05) is 32.6 Å². The molecule has 3 N–H and O–H groups in total. The van der Waals surface area contributed by atoms with Gasteiger partial charge in [-0.3, -0.25) is 0 Å². The summed E-state index contributed by atoms with van der Waals surface area (Å²) in [5.41, 5.74) is 0.224. The van der Waals surface area contributed by atoms with E-state index < -0.39 is 18.1 Å². The number of carboxylic acid groups (broad SMARTS) is 1. The maximum atomic E-state index is 12.0. The minimum atomic E-state index is -1.12. The molecular formula is C13H17IN2O5. The van der Waals surface area contributed by atoms with E-state index in [2.05, 4.69) is 5.32 Å². The highest BCUT2D eigenvalue weighted by Crippen LogP contribution is 2.19. The fourth-order valence-electron chi connectivity index (χ4n) is 1.66. The molecule has 0 heterocycles. The summed E-state index contributed by atoms with van der Waals surface area (Å²) < 4.78 is 5.54. The van der Waals surface area contributed by atoms with Crippen molar-refractivity contribution in [3.05, 3.63) is 27.3 Å². The van der Waals surface area contributed by atoms with Gasteiger partial charge in [0.15, 0.2) is 0 Å². The first-order chi connectivity index (χ1) is 9.85. The Labute approximate surface area is 136 Å². The van der Waals surface area contributed by atoms with Crippen LogP contribution in [0.3, 0.4) is 0 Å². The number of aromatic carboxylic acids is 1. The van der Waals surface area contributed by atoms with Crippen LogP contribution in [-0.4, -0.2) is 60.5 Å². The van der Waals surface area contributed by atoms with Gasteiger partial charge in [-0.05, 0) is 40.8 Å². The lowest BCUT2D eigenvalue weighted by atomic mass is 10.2. The number of ether oxygens (including phenoxy) is 1. The molecular weight excluding hydrogens is 391 g/mol. The predicted molar refractivity (Wildman–Crippen MR) is 85.6 cm³/mol. The van der Waals surface area contributed by atoms with Gasteiger partial charge in [0, 0.05) is 17.7 Å². The molecule has 7 nitrogen and oxygen atoms in total. The largest absolute Gasteiger partial charge is 0.478 e. The van der Waals surface area contributed by atoms with Crippen LogP contribution < -0.4 is 5.32 Å². The number of hydrogen-bond donors (Lipinski definition) is 3. The van der Waals surface area contributed by atoms with Crippen LogP contribution in [0.2, 0.25) is 0 Å². The SMILES string of the molecule is COCC(O)CN(C)C(=O)Nc1ccc(I)cc1C(=O)O. The predicted octanol–water partition coefficient (Wildman–Crippen LogP) is 1.46. The summed E-state index contributed by atoms with van der Waals surface area (Å²) in [5.74, 6) is -1.12. The summed E-state index contributed by atoms with van der Waals surface area (Å²) >= 11 is 1.99. The average Bonchev–Trinajstić information content (AvgIpc) is 2.40. The number of hydrogen-bond acceptors (Lipinski definition) is 4. The minimum Gasteiger partial charge on any atom is -0.478 e. The van der Waals surface area contributed by atoms with E-state index in [9.17, 15) is 14.7 Å². The summed E-state index contributed by atoms with van der Waals surface area (Å²) in [7, 11) is 2.95. The van der Waals surface area contributed by atoms with E-state index >= 15 is 0 Å². The zero-order chi connectivity index (χ0) is 16.0. The van der Waals surface area contributed by atoms with E-state index in [1.165, 1.54) is 31.2 Å². The van der Waals surface area contributed by atoms with Crippen LogP contribution in [0, 0.1) is 3.57 Å². The Hall–Kier alpha value is -1.39. The minimum absolute atomic E-state index is 0.0149. The Morgan fingerprint density at radius 2 is 2.14 bits per heavy atom. The second kappa shape index (κ2) is 8.15. The first-order valence-electron chi connectivity index (χ1n) is 6.07. The molecule has 1 unspecified atom stereocenters. The first-order valence-corrected chi connectivity index (χ1v) is 7.15. The fourth-order valence-corrected chi connectivity index (χ4v) is 2.15. The molecule has 0 radical (unpaired) electrons. The third kappa shape index (κ3) is 5.48. The molecule has 0 aliphatic heterocycles. The lowest BCUT2D eigenvalue weighted by Crippen LogP contribution is -2.39. The van der Waals surface area contributed by atoms with E-state index in [0.29, 0.717) is 0 Å². The number of carbonyl (C=O) groups excluding carboxylic acids is 1. The summed E-state index contributed by atoms with van der Waals surface area (Å²) in [6.07, 6.45) is -0.804. The van der Waals surface area contributed by atoms with Crippen LogP contribution >= 0.6 is 22.6 Å². The number of carboxylic acids is 1. The van der Waals surface area contributed by atoms with Gasteiger partial charge in [0.1, 0.15) is 0 Å². The Balaban J connectivity index is 2.76. The van der Waals surface area contributed by atoms with Crippen molar-refractivity contribution in [2.45, 2.75) is 6.10 Å². The highest BCUT2D eigenvalue weighted by Gasteiger charge is 2.17. The van der Waals surface area contributed by atoms with E-state index in [0.717, 1.165) is 3.57 Å². The Kier molecular flexibility index (Phi) is 6.85. The Morgan fingerprint density at radius 3 is 2.71 bits per heavy atom. The number of amides is 2. The molecule has 0 saturated heterocycles. The van der Waals surface area contributed by atoms with Gasteiger partial charge in [0.05, 0.1) is 30.5 Å².